The van der Waals surface area contributed by atoms with Crippen molar-refractivity contribution in [3.63, 3.8) is 0 Å². The quantitative estimate of drug-likeness (QED) is 0.495. The highest BCUT2D eigenvalue weighted by molar-refractivity contribution is 5.27. The van der Waals surface area contributed by atoms with Crippen LogP contribution < -0.4 is 0 Å². The fourth-order valence-electron chi connectivity index (χ4n) is 0.963. The monoisotopic (exact) mass is 266 g/mol. The van der Waals surface area contributed by atoms with Gasteiger partial charge < -0.3 is 5.11 Å². The number of alkyl halides is 4. The topological polar surface area (TPSA) is 20.2 Å². The molecule has 0 unspecified atom stereocenters. The van der Waals surface area contributed by atoms with Gasteiger partial charge in [-0.05, 0) is 6.07 Å². The summed E-state index contributed by atoms with van der Waals surface area (Å²) in [5.74, 6) is -15.7. The second kappa shape index (κ2) is 3.83. The molecule has 0 bridgehead atoms. The Bertz CT molecular complexity index is 450. The fourth-order valence-corrected chi connectivity index (χ4v) is 0.963. The molecular weight excluding hydrogens is 264 g/mol. The van der Waals surface area contributed by atoms with Crippen LogP contribution in [0.1, 0.15) is 5.56 Å². The van der Waals surface area contributed by atoms with Crippen LogP contribution in [0.25, 0.3) is 0 Å². The van der Waals surface area contributed by atoms with E-state index < -0.39 is 46.9 Å². The Morgan fingerprint density at radius 1 is 0.824 bits per heavy atom. The third-order valence-corrected chi connectivity index (χ3v) is 1.82. The van der Waals surface area contributed by atoms with Gasteiger partial charge in [0.25, 0.3) is 0 Å². The molecular formula is C8H2F8O. The van der Waals surface area contributed by atoms with E-state index in [0.717, 1.165) is 0 Å². The van der Waals surface area contributed by atoms with Crippen molar-refractivity contribution in [3.8, 4) is 0 Å². The molecule has 17 heavy (non-hydrogen) atoms. The van der Waals surface area contributed by atoms with Crippen molar-refractivity contribution in [1.29, 1.82) is 0 Å². The largest absolute Gasteiger partial charge is 0.421 e. The molecule has 1 aromatic rings. The summed E-state index contributed by atoms with van der Waals surface area (Å²) in [6.45, 7) is 0. The highest BCUT2D eigenvalue weighted by Crippen LogP contribution is 2.43. The summed E-state index contributed by atoms with van der Waals surface area (Å²) in [4.78, 5) is 0. The summed E-state index contributed by atoms with van der Waals surface area (Å²) < 4.78 is 99.7. The van der Waals surface area contributed by atoms with Gasteiger partial charge in [0.1, 0.15) is 0 Å². The molecule has 9 heteroatoms. The van der Waals surface area contributed by atoms with Crippen molar-refractivity contribution < 1.29 is 40.2 Å². The van der Waals surface area contributed by atoms with E-state index in [-0.39, 0.29) is 0 Å². The molecule has 96 valence electrons. The van der Waals surface area contributed by atoms with Crippen molar-refractivity contribution in [3.05, 3.63) is 34.9 Å². The minimum Gasteiger partial charge on any atom is -0.331 e. The third-order valence-electron chi connectivity index (χ3n) is 1.82. The van der Waals surface area contributed by atoms with Crippen molar-refractivity contribution in [2.45, 2.75) is 12.0 Å². The number of hydrogen-bond donors (Lipinski definition) is 1. The minimum atomic E-state index is -5.76. The summed E-state index contributed by atoms with van der Waals surface area (Å²) >= 11 is 0. The number of rotatable bonds is 2. The van der Waals surface area contributed by atoms with Crippen molar-refractivity contribution >= 4 is 0 Å². The Kier molecular flexibility index (Phi) is 3.08. The van der Waals surface area contributed by atoms with E-state index in [2.05, 4.69) is 0 Å². The van der Waals surface area contributed by atoms with Gasteiger partial charge in [-0.15, -0.1) is 0 Å². The van der Waals surface area contributed by atoms with Gasteiger partial charge in [-0.3, -0.25) is 0 Å². The van der Waals surface area contributed by atoms with E-state index in [1.165, 1.54) is 0 Å². The Balaban J connectivity index is 3.54. The maximum Gasteiger partial charge on any atom is 0.421 e. The lowest BCUT2D eigenvalue weighted by atomic mass is 10.1. The lowest BCUT2D eigenvalue weighted by molar-refractivity contribution is -0.333. The Labute approximate surface area is 88.3 Å². The molecule has 0 radical (unpaired) electrons. The summed E-state index contributed by atoms with van der Waals surface area (Å²) in [6, 6.07) is -0.655. The number of aliphatic hydroxyl groups is 1. The Morgan fingerprint density at radius 2 is 1.29 bits per heavy atom. The van der Waals surface area contributed by atoms with Crippen molar-refractivity contribution in [1.82, 2.24) is 0 Å². The molecule has 1 N–H and O–H groups in total. The molecule has 0 aliphatic heterocycles. The van der Waals surface area contributed by atoms with Crippen molar-refractivity contribution in [2.24, 2.45) is 0 Å². The van der Waals surface area contributed by atoms with Crippen LogP contribution in [0.5, 0.6) is 0 Å². The average molecular weight is 266 g/mol. The third kappa shape index (κ3) is 2.06. The van der Waals surface area contributed by atoms with Gasteiger partial charge in [-0.25, -0.2) is 17.6 Å². The molecule has 0 aliphatic rings. The molecule has 0 saturated carbocycles. The van der Waals surface area contributed by atoms with Gasteiger partial charge in [0.2, 0.25) is 0 Å². The molecule has 1 rings (SSSR count). The average Bonchev–Trinajstić information content (AvgIpc) is 2.18. The number of benzene rings is 1. The zero-order chi connectivity index (χ0) is 13.6. The van der Waals surface area contributed by atoms with Crippen LogP contribution in [-0.4, -0.2) is 11.2 Å². The first-order valence-corrected chi connectivity index (χ1v) is 3.81. The van der Waals surface area contributed by atoms with E-state index in [0.29, 0.717) is 0 Å². The van der Waals surface area contributed by atoms with Crippen LogP contribution in [0.4, 0.5) is 35.1 Å². The van der Waals surface area contributed by atoms with Crippen LogP contribution in [0, 0.1) is 23.3 Å². The summed E-state index contributed by atoms with van der Waals surface area (Å²) in [5, 5.41) is 7.79. The molecule has 1 nitrogen and oxygen atoms in total. The normalized spacial score (nSPS) is 13.0. The zero-order valence-corrected chi connectivity index (χ0v) is 7.55. The molecule has 0 amide bonds. The lowest BCUT2D eigenvalue weighted by Crippen LogP contribution is -2.38. The van der Waals surface area contributed by atoms with Gasteiger partial charge in [-0.2, -0.15) is 17.6 Å². The van der Waals surface area contributed by atoms with E-state index >= 15 is 0 Å². The molecule has 0 fully saturated rings. The smallest absolute Gasteiger partial charge is 0.331 e. The standard InChI is InChI=1S/C8H2F8O/c9-3-1-2(4(10)6(12)5(3)11)7(13,14)8(15,16)17/h1,17H. The van der Waals surface area contributed by atoms with E-state index in [1.54, 1.807) is 0 Å². The maximum absolute atomic E-state index is 12.8. The second-order valence-corrected chi connectivity index (χ2v) is 2.96. The van der Waals surface area contributed by atoms with Gasteiger partial charge >= 0.3 is 12.0 Å². The van der Waals surface area contributed by atoms with Gasteiger partial charge in [-0.1, -0.05) is 0 Å². The summed E-state index contributed by atoms with van der Waals surface area (Å²) in [7, 11) is 0. The number of hydrogen-bond acceptors (Lipinski definition) is 1. The molecule has 1 aromatic carbocycles. The number of halogens is 8. The van der Waals surface area contributed by atoms with Crippen LogP contribution in [0.3, 0.4) is 0 Å². The first-order chi connectivity index (χ1) is 7.50. The predicted molar refractivity (Wildman–Crippen MR) is 37.3 cm³/mol. The Hall–Kier alpha value is -1.38. The first kappa shape index (κ1) is 13.7. The van der Waals surface area contributed by atoms with Crippen LogP contribution in [0.15, 0.2) is 6.07 Å². The van der Waals surface area contributed by atoms with Gasteiger partial charge in [0, 0.05) is 0 Å². The molecule has 0 aliphatic carbocycles. The second-order valence-electron chi connectivity index (χ2n) is 2.96. The van der Waals surface area contributed by atoms with E-state index in [9.17, 15) is 35.1 Å². The SMILES string of the molecule is OC(F)(F)C(F)(F)c1cc(F)c(F)c(F)c1F. The maximum atomic E-state index is 12.8. The fraction of sp³-hybridized carbons (Fsp3) is 0.250. The molecule has 0 heterocycles. The molecule has 0 atom stereocenters. The molecule has 0 saturated heterocycles. The zero-order valence-electron chi connectivity index (χ0n) is 7.55. The van der Waals surface area contributed by atoms with Crippen LogP contribution >= 0.6 is 0 Å². The minimum absolute atomic E-state index is 0.655. The highest BCUT2D eigenvalue weighted by Gasteiger charge is 2.58. The van der Waals surface area contributed by atoms with E-state index in [4.69, 9.17) is 5.11 Å². The lowest BCUT2D eigenvalue weighted by Gasteiger charge is -2.22. The summed E-state index contributed by atoms with van der Waals surface area (Å²) in [5.41, 5.74) is -2.48. The first-order valence-electron chi connectivity index (χ1n) is 3.81. The van der Waals surface area contributed by atoms with Crippen molar-refractivity contribution in [2.75, 3.05) is 0 Å². The van der Waals surface area contributed by atoms with E-state index in [1.807, 2.05) is 0 Å². The van der Waals surface area contributed by atoms with Gasteiger partial charge in [0.05, 0.1) is 5.56 Å². The van der Waals surface area contributed by atoms with Gasteiger partial charge in [0.15, 0.2) is 23.3 Å². The highest BCUT2D eigenvalue weighted by atomic mass is 19.3. The predicted octanol–water partition coefficient (Wildman–Crippen LogP) is 2.92. The Morgan fingerprint density at radius 3 is 1.71 bits per heavy atom. The molecule has 0 spiro atoms. The molecule has 0 aromatic heterocycles. The van der Waals surface area contributed by atoms with Crippen LogP contribution in [0.2, 0.25) is 0 Å². The van der Waals surface area contributed by atoms with Crippen LogP contribution in [-0.2, 0) is 5.92 Å². The summed E-state index contributed by atoms with van der Waals surface area (Å²) in [6.07, 6.45) is -5.76.